The van der Waals surface area contributed by atoms with Crippen molar-refractivity contribution in [2.24, 2.45) is 0 Å². The zero-order valence-corrected chi connectivity index (χ0v) is 9.23. The number of carbonyl (C=O) groups is 1. The van der Waals surface area contributed by atoms with Crippen molar-refractivity contribution in [3.63, 3.8) is 0 Å². The van der Waals surface area contributed by atoms with Gasteiger partial charge in [-0.3, -0.25) is 4.79 Å². The van der Waals surface area contributed by atoms with Gasteiger partial charge < -0.3 is 15.6 Å². The van der Waals surface area contributed by atoms with E-state index in [4.69, 9.17) is 0 Å². The van der Waals surface area contributed by atoms with Gasteiger partial charge in [0.05, 0.1) is 17.4 Å². The van der Waals surface area contributed by atoms with E-state index in [0.29, 0.717) is 16.7 Å². The Morgan fingerprint density at radius 3 is 3.24 bits per heavy atom. The van der Waals surface area contributed by atoms with Crippen LogP contribution in [-0.2, 0) is 0 Å². The van der Waals surface area contributed by atoms with Crippen LogP contribution >= 0.6 is 0 Å². The predicted molar refractivity (Wildman–Crippen MR) is 62.6 cm³/mol. The highest BCUT2D eigenvalue weighted by Gasteiger charge is 2.19. The molecule has 0 saturated carbocycles. The molecule has 1 aliphatic rings. The molecule has 6 heteroatoms. The van der Waals surface area contributed by atoms with Gasteiger partial charge in [-0.05, 0) is 19.0 Å². The fraction of sp³-hybridized carbons (Fsp3) is 0.364. The number of amides is 1. The van der Waals surface area contributed by atoms with Crippen molar-refractivity contribution in [3.8, 4) is 0 Å². The first-order valence-corrected chi connectivity index (χ1v) is 5.64. The van der Waals surface area contributed by atoms with Crippen molar-refractivity contribution in [3.05, 3.63) is 24.2 Å². The molecule has 1 fully saturated rings. The molecule has 1 aliphatic heterocycles. The number of pyridine rings is 1. The van der Waals surface area contributed by atoms with E-state index in [2.05, 4.69) is 25.6 Å². The Balaban J connectivity index is 1.87. The summed E-state index contributed by atoms with van der Waals surface area (Å²) >= 11 is 0. The van der Waals surface area contributed by atoms with Gasteiger partial charge in [0.2, 0.25) is 0 Å². The van der Waals surface area contributed by atoms with Gasteiger partial charge in [0.15, 0.2) is 5.65 Å². The molecule has 6 nitrogen and oxygen atoms in total. The highest BCUT2D eigenvalue weighted by Crippen LogP contribution is 2.12. The molecule has 3 heterocycles. The van der Waals surface area contributed by atoms with E-state index in [0.717, 1.165) is 19.5 Å². The maximum atomic E-state index is 12.1. The van der Waals surface area contributed by atoms with Gasteiger partial charge in [0, 0.05) is 18.8 Å². The highest BCUT2D eigenvalue weighted by molar-refractivity contribution is 6.03. The number of aromatic nitrogens is 3. The number of imidazole rings is 1. The molecule has 1 atom stereocenters. The standard InChI is InChI=1S/C11H13N5O/c17-11(16-7-1-3-12-5-7)8-2-4-13-10-9(8)14-6-15-10/h2,4,6-7,12H,1,3,5H2,(H,16,17)(H,13,14,15)/t7-/m0/s1. The highest BCUT2D eigenvalue weighted by atomic mass is 16.1. The zero-order chi connectivity index (χ0) is 11.7. The molecule has 2 aromatic heterocycles. The second kappa shape index (κ2) is 4.14. The summed E-state index contributed by atoms with van der Waals surface area (Å²) < 4.78 is 0. The van der Waals surface area contributed by atoms with E-state index < -0.39 is 0 Å². The molecule has 1 amide bonds. The minimum atomic E-state index is -0.0737. The Labute approximate surface area is 97.8 Å². The Kier molecular flexibility index (Phi) is 2.49. The first-order chi connectivity index (χ1) is 8.34. The molecular weight excluding hydrogens is 218 g/mol. The summed E-state index contributed by atoms with van der Waals surface area (Å²) in [5.41, 5.74) is 1.86. The molecule has 0 aliphatic carbocycles. The van der Waals surface area contributed by atoms with Crippen molar-refractivity contribution in [1.29, 1.82) is 0 Å². The molecule has 3 rings (SSSR count). The second-order valence-corrected chi connectivity index (χ2v) is 4.12. The van der Waals surface area contributed by atoms with Crippen molar-refractivity contribution >= 4 is 17.1 Å². The summed E-state index contributed by atoms with van der Waals surface area (Å²) in [6.07, 6.45) is 4.12. The van der Waals surface area contributed by atoms with Gasteiger partial charge in [-0.2, -0.15) is 0 Å². The van der Waals surface area contributed by atoms with Crippen LogP contribution in [-0.4, -0.2) is 40.0 Å². The number of rotatable bonds is 2. The smallest absolute Gasteiger partial charge is 0.253 e. The molecule has 0 bridgehead atoms. The third-order valence-corrected chi connectivity index (χ3v) is 2.97. The maximum absolute atomic E-state index is 12.1. The Morgan fingerprint density at radius 1 is 1.47 bits per heavy atom. The van der Waals surface area contributed by atoms with Crippen LogP contribution in [0.4, 0.5) is 0 Å². The monoisotopic (exact) mass is 231 g/mol. The first-order valence-electron chi connectivity index (χ1n) is 5.64. The molecular formula is C11H13N5O. The van der Waals surface area contributed by atoms with Crippen LogP contribution in [0.15, 0.2) is 18.6 Å². The van der Waals surface area contributed by atoms with Crippen molar-refractivity contribution in [1.82, 2.24) is 25.6 Å². The van der Waals surface area contributed by atoms with Gasteiger partial charge in [-0.1, -0.05) is 0 Å². The Hall–Kier alpha value is -1.95. The fourth-order valence-corrected chi connectivity index (χ4v) is 2.08. The lowest BCUT2D eigenvalue weighted by Gasteiger charge is -2.11. The maximum Gasteiger partial charge on any atom is 0.253 e. The summed E-state index contributed by atoms with van der Waals surface area (Å²) in [4.78, 5) is 23.2. The van der Waals surface area contributed by atoms with Crippen molar-refractivity contribution < 1.29 is 4.79 Å². The van der Waals surface area contributed by atoms with Crippen molar-refractivity contribution in [2.45, 2.75) is 12.5 Å². The zero-order valence-electron chi connectivity index (χ0n) is 9.23. The summed E-state index contributed by atoms with van der Waals surface area (Å²) in [5, 5.41) is 6.21. The summed E-state index contributed by atoms with van der Waals surface area (Å²) in [6.45, 7) is 1.80. The van der Waals surface area contributed by atoms with Crippen LogP contribution in [0.2, 0.25) is 0 Å². The van der Waals surface area contributed by atoms with E-state index in [1.807, 2.05) is 0 Å². The van der Waals surface area contributed by atoms with E-state index in [9.17, 15) is 4.79 Å². The van der Waals surface area contributed by atoms with Crippen LogP contribution in [0, 0.1) is 0 Å². The molecule has 0 spiro atoms. The molecule has 88 valence electrons. The Bertz CT molecular complexity index is 544. The number of nitrogens with one attached hydrogen (secondary N) is 3. The summed E-state index contributed by atoms with van der Waals surface area (Å²) in [6, 6.07) is 1.92. The van der Waals surface area contributed by atoms with Gasteiger partial charge in [0.25, 0.3) is 5.91 Å². The number of fused-ring (bicyclic) bond motifs is 1. The number of aromatic amines is 1. The molecule has 1 saturated heterocycles. The predicted octanol–water partition coefficient (Wildman–Crippen LogP) is 0.0496. The minimum absolute atomic E-state index is 0.0737. The second-order valence-electron chi connectivity index (χ2n) is 4.12. The topological polar surface area (TPSA) is 82.7 Å². The molecule has 2 aromatic rings. The summed E-state index contributed by atoms with van der Waals surface area (Å²) in [7, 11) is 0. The van der Waals surface area contributed by atoms with Crippen LogP contribution in [0.3, 0.4) is 0 Å². The quantitative estimate of drug-likeness (QED) is 0.682. The van der Waals surface area contributed by atoms with Gasteiger partial charge in [-0.15, -0.1) is 0 Å². The lowest BCUT2D eigenvalue weighted by Crippen LogP contribution is -2.36. The van der Waals surface area contributed by atoms with Crippen LogP contribution in [0.1, 0.15) is 16.8 Å². The lowest BCUT2D eigenvalue weighted by molar-refractivity contribution is 0.0941. The van der Waals surface area contributed by atoms with Crippen LogP contribution < -0.4 is 10.6 Å². The summed E-state index contributed by atoms with van der Waals surface area (Å²) in [5.74, 6) is -0.0737. The number of carbonyl (C=O) groups excluding carboxylic acids is 1. The fourth-order valence-electron chi connectivity index (χ4n) is 2.08. The molecule has 0 unspecified atom stereocenters. The largest absolute Gasteiger partial charge is 0.348 e. The normalized spacial score (nSPS) is 19.6. The Morgan fingerprint density at radius 2 is 2.41 bits per heavy atom. The number of hydrogen-bond donors (Lipinski definition) is 3. The minimum Gasteiger partial charge on any atom is -0.348 e. The van der Waals surface area contributed by atoms with Crippen LogP contribution in [0.25, 0.3) is 11.2 Å². The van der Waals surface area contributed by atoms with Crippen LogP contribution in [0.5, 0.6) is 0 Å². The third-order valence-electron chi connectivity index (χ3n) is 2.97. The lowest BCUT2D eigenvalue weighted by atomic mass is 10.2. The van der Waals surface area contributed by atoms with E-state index >= 15 is 0 Å². The van der Waals surface area contributed by atoms with E-state index in [1.165, 1.54) is 0 Å². The number of hydrogen-bond acceptors (Lipinski definition) is 4. The molecule has 0 radical (unpaired) electrons. The van der Waals surface area contributed by atoms with E-state index in [1.54, 1.807) is 18.6 Å². The average Bonchev–Trinajstić information content (AvgIpc) is 2.97. The van der Waals surface area contributed by atoms with E-state index in [-0.39, 0.29) is 11.9 Å². The molecule has 17 heavy (non-hydrogen) atoms. The SMILES string of the molecule is O=C(N[C@H]1CCNC1)c1ccnc2nc[nH]c12. The molecule has 3 N–H and O–H groups in total. The molecule has 0 aromatic carbocycles. The van der Waals surface area contributed by atoms with Gasteiger partial charge in [-0.25, -0.2) is 9.97 Å². The third kappa shape index (κ3) is 1.87. The number of nitrogens with zero attached hydrogens (tertiary/aromatic N) is 2. The van der Waals surface area contributed by atoms with Crippen molar-refractivity contribution in [2.75, 3.05) is 13.1 Å². The van der Waals surface area contributed by atoms with Gasteiger partial charge in [0.1, 0.15) is 0 Å². The number of H-pyrrole nitrogens is 1. The van der Waals surface area contributed by atoms with Gasteiger partial charge >= 0.3 is 0 Å². The average molecular weight is 231 g/mol. The first kappa shape index (κ1) is 10.2.